The lowest BCUT2D eigenvalue weighted by atomic mass is 9.86. The fourth-order valence-electron chi connectivity index (χ4n) is 2.59. The highest BCUT2D eigenvalue weighted by atomic mass is 79.9. The SMILES string of the molecule is Cc1ccc(CNC2CCC(C(=O)O)CC2)c(Br)c1. The van der Waals surface area contributed by atoms with E-state index in [0.717, 1.165) is 36.7 Å². The van der Waals surface area contributed by atoms with Crippen molar-refractivity contribution in [3.8, 4) is 0 Å². The molecule has 0 aromatic heterocycles. The number of aryl methyl sites for hydroxylation is 1. The fraction of sp³-hybridized carbons (Fsp3) is 0.533. The molecular formula is C15H20BrNO2. The number of halogens is 1. The standard InChI is InChI=1S/C15H20BrNO2/c1-10-2-3-12(14(16)8-10)9-17-13-6-4-11(5-7-13)15(18)19/h2-3,8,11,13,17H,4-7,9H2,1H3,(H,18,19). The maximum absolute atomic E-state index is 10.9. The highest BCUT2D eigenvalue weighted by molar-refractivity contribution is 9.10. The van der Waals surface area contributed by atoms with E-state index in [2.05, 4.69) is 46.4 Å². The van der Waals surface area contributed by atoms with E-state index in [-0.39, 0.29) is 5.92 Å². The van der Waals surface area contributed by atoms with Crippen molar-refractivity contribution in [3.05, 3.63) is 33.8 Å². The largest absolute Gasteiger partial charge is 0.481 e. The van der Waals surface area contributed by atoms with Gasteiger partial charge in [-0.25, -0.2) is 0 Å². The molecule has 1 aliphatic rings. The van der Waals surface area contributed by atoms with E-state index in [0.29, 0.717) is 6.04 Å². The van der Waals surface area contributed by atoms with Gasteiger partial charge >= 0.3 is 5.97 Å². The Morgan fingerprint density at radius 2 is 2.05 bits per heavy atom. The quantitative estimate of drug-likeness (QED) is 0.890. The molecule has 104 valence electrons. The van der Waals surface area contributed by atoms with Crippen LogP contribution in [0.3, 0.4) is 0 Å². The molecule has 0 radical (unpaired) electrons. The van der Waals surface area contributed by atoms with Crippen molar-refractivity contribution >= 4 is 21.9 Å². The Kier molecular flexibility index (Phi) is 4.99. The Labute approximate surface area is 122 Å². The second-order valence-electron chi connectivity index (χ2n) is 5.36. The van der Waals surface area contributed by atoms with Crippen molar-refractivity contribution in [2.45, 2.75) is 45.2 Å². The van der Waals surface area contributed by atoms with Crippen LogP contribution in [0, 0.1) is 12.8 Å². The first-order valence-corrected chi connectivity index (χ1v) is 7.57. The van der Waals surface area contributed by atoms with Gasteiger partial charge in [-0.3, -0.25) is 4.79 Å². The fourth-order valence-corrected chi connectivity index (χ4v) is 3.23. The molecule has 0 saturated heterocycles. The lowest BCUT2D eigenvalue weighted by molar-refractivity contribution is -0.142. The average molecular weight is 326 g/mol. The van der Waals surface area contributed by atoms with E-state index in [1.807, 2.05) is 0 Å². The number of carboxylic acid groups (broad SMARTS) is 1. The summed E-state index contributed by atoms with van der Waals surface area (Å²) in [7, 11) is 0. The molecule has 1 saturated carbocycles. The van der Waals surface area contributed by atoms with Crippen molar-refractivity contribution in [1.82, 2.24) is 5.32 Å². The molecule has 0 spiro atoms. The number of nitrogens with one attached hydrogen (secondary N) is 1. The Bertz CT molecular complexity index is 453. The molecule has 1 aliphatic carbocycles. The molecule has 19 heavy (non-hydrogen) atoms. The predicted molar refractivity (Wildman–Crippen MR) is 79.1 cm³/mol. The van der Waals surface area contributed by atoms with Crippen LogP contribution in [-0.4, -0.2) is 17.1 Å². The van der Waals surface area contributed by atoms with Crippen LogP contribution in [0.1, 0.15) is 36.8 Å². The summed E-state index contributed by atoms with van der Waals surface area (Å²) in [4.78, 5) is 10.9. The summed E-state index contributed by atoms with van der Waals surface area (Å²) in [5.74, 6) is -0.774. The van der Waals surface area contributed by atoms with Gasteiger partial charge in [0.15, 0.2) is 0 Å². The molecule has 2 rings (SSSR count). The lowest BCUT2D eigenvalue weighted by Crippen LogP contribution is -2.34. The third-order valence-electron chi connectivity index (χ3n) is 3.87. The van der Waals surface area contributed by atoms with Gasteiger partial charge in [0.1, 0.15) is 0 Å². The second kappa shape index (κ2) is 6.53. The first-order chi connectivity index (χ1) is 9.06. The molecule has 0 bridgehead atoms. The van der Waals surface area contributed by atoms with Gasteiger partial charge in [0, 0.05) is 17.1 Å². The Morgan fingerprint density at radius 3 is 2.63 bits per heavy atom. The predicted octanol–water partition coefficient (Wildman–Crippen LogP) is 3.49. The molecule has 2 N–H and O–H groups in total. The van der Waals surface area contributed by atoms with Crippen LogP contribution in [0.5, 0.6) is 0 Å². The molecule has 4 heteroatoms. The highest BCUT2D eigenvalue weighted by Crippen LogP contribution is 2.25. The zero-order chi connectivity index (χ0) is 13.8. The van der Waals surface area contributed by atoms with Crippen LogP contribution in [-0.2, 0) is 11.3 Å². The van der Waals surface area contributed by atoms with E-state index >= 15 is 0 Å². The van der Waals surface area contributed by atoms with Crippen LogP contribution >= 0.6 is 15.9 Å². The maximum atomic E-state index is 10.9. The Morgan fingerprint density at radius 1 is 1.37 bits per heavy atom. The van der Waals surface area contributed by atoms with Crippen LogP contribution in [0.25, 0.3) is 0 Å². The van der Waals surface area contributed by atoms with E-state index in [1.54, 1.807) is 0 Å². The second-order valence-corrected chi connectivity index (χ2v) is 6.22. The molecule has 0 heterocycles. The van der Waals surface area contributed by atoms with Gasteiger partial charge in [-0.15, -0.1) is 0 Å². The van der Waals surface area contributed by atoms with Crippen molar-refractivity contribution in [2.24, 2.45) is 5.92 Å². The van der Waals surface area contributed by atoms with E-state index in [1.165, 1.54) is 11.1 Å². The Hall–Kier alpha value is -0.870. The minimum Gasteiger partial charge on any atom is -0.481 e. The molecule has 0 unspecified atom stereocenters. The summed E-state index contributed by atoms with van der Waals surface area (Å²) in [6.45, 7) is 2.92. The van der Waals surface area contributed by atoms with E-state index < -0.39 is 5.97 Å². The topological polar surface area (TPSA) is 49.3 Å². The summed E-state index contributed by atoms with van der Waals surface area (Å²) < 4.78 is 1.14. The van der Waals surface area contributed by atoms with E-state index in [9.17, 15) is 4.79 Å². The number of benzene rings is 1. The summed E-state index contributed by atoms with van der Waals surface area (Å²) >= 11 is 3.58. The van der Waals surface area contributed by atoms with Crippen LogP contribution in [0.15, 0.2) is 22.7 Å². The number of rotatable bonds is 4. The zero-order valence-corrected chi connectivity index (χ0v) is 12.7. The third kappa shape index (κ3) is 4.05. The van der Waals surface area contributed by atoms with Gasteiger partial charge in [-0.05, 0) is 49.8 Å². The van der Waals surface area contributed by atoms with Crippen molar-refractivity contribution in [1.29, 1.82) is 0 Å². The molecule has 0 amide bonds. The van der Waals surface area contributed by atoms with Crippen LogP contribution < -0.4 is 5.32 Å². The maximum Gasteiger partial charge on any atom is 0.306 e. The average Bonchev–Trinajstić information content (AvgIpc) is 2.38. The van der Waals surface area contributed by atoms with Gasteiger partial charge in [0.25, 0.3) is 0 Å². The molecule has 3 nitrogen and oxygen atoms in total. The minimum atomic E-state index is -0.639. The first-order valence-electron chi connectivity index (χ1n) is 6.77. The summed E-state index contributed by atoms with van der Waals surface area (Å²) in [5, 5.41) is 12.5. The number of carboxylic acids is 1. The molecular weight excluding hydrogens is 306 g/mol. The van der Waals surface area contributed by atoms with Crippen LogP contribution in [0.2, 0.25) is 0 Å². The summed E-state index contributed by atoms with van der Waals surface area (Å²) in [5.41, 5.74) is 2.50. The normalized spacial score (nSPS) is 23.3. The van der Waals surface area contributed by atoms with Gasteiger partial charge in [0.05, 0.1) is 5.92 Å². The molecule has 0 atom stereocenters. The first kappa shape index (κ1) is 14.5. The van der Waals surface area contributed by atoms with Crippen molar-refractivity contribution < 1.29 is 9.90 Å². The number of hydrogen-bond acceptors (Lipinski definition) is 2. The van der Waals surface area contributed by atoms with Crippen LogP contribution in [0.4, 0.5) is 0 Å². The highest BCUT2D eigenvalue weighted by Gasteiger charge is 2.25. The minimum absolute atomic E-state index is 0.135. The van der Waals surface area contributed by atoms with Crippen molar-refractivity contribution in [3.63, 3.8) is 0 Å². The number of aliphatic carboxylic acids is 1. The molecule has 0 aliphatic heterocycles. The number of hydrogen-bond donors (Lipinski definition) is 2. The van der Waals surface area contributed by atoms with Gasteiger partial charge in [0.2, 0.25) is 0 Å². The smallest absolute Gasteiger partial charge is 0.306 e. The van der Waals surface area contributed by atoms with Gasteiger partial charge in [-0.2, -0.15) is 0 Å². The molecule has 1 aromatic rings. The zero-order valence-electron chi connectivity index (χ0n) is 11.2. The summed E-state index contributed by atoms with van der Waals surface area (Å²) in [6, 6.07) is 6.82. The third-order valence-corrected chi connectivity index (χ3v) is 4.60. The van der Waals surface area contributed by atoms with E-state index in [4.69, 9.17) is 5.11 Å². The van der Waals surface area contributed by atoms with Gasteiger partial charge in [-0.1, -0.05) is 28.1 Å². The van der Waals surface area contributed by atoms with Gasteiger partial charge < -0.3 is 10.4 Å². The molecule has 1 aromatic carbocycles. The van der Waals surface area contributed by atoms with Crippen molar-refractivity contribution in [2.75, 3.05) is 0 Å². The lowest BCUT2D eigenvalue weighted by Gasteiger charge is -2.27. The monoisotopic (exact) mass is 325 g/mol. The Balaban J connectivity index is 1.82. The molecule has 1 fully saturated rings. The summed E-state index contributed by atoms with van der Waals surface area (Å²) in [6.07, 6.45) is 3.50. The number of carbonyl (C=O) groups is 1.